The maximum absolute atomic E-state index is 13.1. The summed E-state index contributed by atoms with van der Waals surface area (Å²) in [6.45, 7) is 21.8. The minimum absolute atomic E-state index is 0.00342. The van der Waals surface area contributed by atoms with Gasteiger partial charge in [-0.15, -0.1) is 0 Å². The van der Waals surface area contributed by atoms with Gasteiger partial charge in [-0.25, -0.2) is 0 Å². The molecule has 1 aliphatic rings. The Balaban J connectivity index is 1.86. The number of amides is 1. The molecule has 0 bridgehead atoms. The maximum Gasteiger partial charge on any atom is 0.289 e. The monoisotopic (exact) mass is 437 g/mol. The Morgan fingerprint density at radius 3 is 2.00 bits per heavy atom. The molecule has 0 saturated heterocycles. The topological polar surface area (TPSA) is 33.5 Å². The summed E-state index contributed by atoms with van der Waals surface area (Å²) in [7, 11) is 0. The fourth-order valence-electron chi connectivity index (χ4n) is 5.01. The van der Waals surface area contributed by atoms with E-state index >= 15 is 0 Å². The smallest absolute Gasteiger partial charge is 0.289 e. The molecule has 0 atom stereocenters. The number of carbonyl (C=O) groups excluding carboxylic acids is 1. The van der Waals surface area contributed by atoms with Gasteiger partial charge in [0.1, 0.15) is 5.76 Å². The number of hydrogen-bond acceptors (Lipinski definition) is 2. The first kappa shape index (κ1) is 24.6. The molecule has 3 heteroatoms. The summed E-state index contributed by atoms with van der Waals surface area (Å²) in [6.07, 6.45) is 3.15. The summed E-state index contributed by atoms with van der Waals surface area (Å²) in [6, 6.07) is 8.63. The molecule has 0 unspecified atom stereocenters. The molecule has 3 nitrogen and oxygen atoms in total. The molecule has 1 aromatic carbocycles. The first-order valence-electron chi connectivity index (χ1n) is 12.3. The minimum atomic E-state index is 0.00342. The molecule has 0 saturated carbocycles. The molecule has 1 aromatic heterocycles. The van der Waals surface area contributed by atoms with Crippen molar-refractivity contribution in [2.45, 2.75) is 92.4 Å². The number of rotatable bonds is 7. The van der Waals surface area contributed by atoms with Crippen LogP contribution in [0.3, 0.4) is 0 Å². The Morgan fingerprint density at radius 1 is 0.938 bits per heavy atom. The minimum Gasteiger partial charge on any atom is -0.456 e. The fourth-order valence-corrected chi connectivity index (χ4v) is 5.01. The molecule has 0 N–H and O–H groups in total. The van der Waals surface area contributed by atoms with E-state index in [-0.39, 0.29) is 16.7 Å². The van der Waals surface area contributed by atoms with Crippen LogP contribution in [0.5, 0.6) is 0 Å². The van der Waals surface area contributed by atoms with E-state index in [1.807, 2.05) is 17.0 Å². The first-order valence-corrected chi connectivity index (χ1v) is 12.3. The number of nitrogens with zero attached hydrogens (tertiary/aromatic N) is 1. The van der Waals surface area contributed by atoms with Crippen molar-refractivity contribution in [3.8, 4) is 0 Å². The third kappa shape index (κ3) is 5.30. The van der Waals surface area contributed by atoms with Crippen LogP contribution in [0.25, 0.3) is 0 Å². The Hall–Kier alpha value is -2.03. The lowest BCUT2D eigenvalue weighted by molar-refractivity contribution is 0.0681. The van der Waals surface area contributed by atoms with Gasteiger partial charge in [0.2, 0.25) is 0 Å². The predicted molar refractivity (Wildman–Crippen MR) is 134 cm³/mol. The third-order valence-electron chi connectivity index (χ3n) is 7.00. The number of aryl methyl sites for hydroxylation is 1. The van der Waals surface area contributed by atoms with Gasteiger partial charge >= 0.3 is 0 Å². The molecule has 32 heavy (non-hydrogen) atoms. The van der Waals surface area contributed by atoms with Crippen LogP contribution < -0.4 is 0 Å². The van der Waals surface area contributed by atoms with Crippen molar-refractivity contribution >= 4 is 5.91 Å². The van der Waals surface area contributed by atoms with Crippen LogP contribution in [-0.4, -0.2) is 23.9 Å². The van der Waals surface area contributed by atoms with Crippen molar-refractivity contribution in [2.75, 3.05) is 13.1 Å². The lowest BCUT2D eigenvalue weighted by Gasteiger charge is -2.42. The number of carbonyl (C=O) groups is 1. The summed E-state index contributed by atoms with van der Waals surface area (Å²) in [4.78, 5) is 15.1. The number of benzene rings is 1. The van der Waals surface area contributed by atoms with Gasteiger partial charge in [0.25, 0.3) is 5.91 Å². The SMILES string of the molecule is Cc1cc2c(cc1Cc1ccc(C(=O)N(CC(C)C)CC(C)C)o1)C(C)(C)CCC2(C)C. The zero-order valence-electron chi connectivity index (χ0n) is 21.8. The molecule has 2 aromatic rings. The van der Waals surface area contributed by atoms with Crippen LogP contribution in [0.1, 0.15) is 107 Å². The number of furan rings is 1. The zero-order valence-corrected chi connectivity index (χ0v) is 21.8. The van der Waals surface area contributed by atoms with Gasteiger partial charge < -0.3 is 9.32 Å². The van der Waals surface area contributed by atoms with Crippen LogP contribution in [0.4, 0.5) is 0 Å². The second kappa shape index (κ2) is 9.08. The second-order valence-electron chi connectivity index (χ2n) is 12.0. The highest BCUT2D eigenvalue weighted by Gasteiger charge is 2.37. The summed E-state index contributed by atoms with van der Waals surface area (Å²) < 4.78 is 6.09. The second-order valence-corrected chi connectivity index (χ2v) is 12.0. The quantitative estimate of drug-likeness (QED) is 0.456. The molecule has 0 spiro atoms. The maximum atomic E-state index is 13.1. The van der Waals surface area contributed by atoms with E-state index in [4.69, 9.17) is 4.42 Å². The van der Waals surface area contributed by atoms with Crippen LogP contribution in [0.15, 0.2) is 28.7 Å². The summed E-state index contributed by atoms with van der Waals surface area (Å²) >= 11 is 0. The Labute approximate surface area is 195 Å². The van der Waals surface area contributed by atoms with E-state index in [1.54, 1.807) is 0 Å². The molecule has 176 valence electrons. The van der Waals surface area contributed by atoms with Crippen molar-refractivity contribution in [3.05, 3.63) is 58.0 Å². The Morgan fingerprint density at radius 2 is 1.47 bits per heavy atom. The largest absolute Gasteiger partial charge is 0.456 e. The molecule has 0 aliphatic heterocycles. The molecule has 1 heterocycles. The molecular weight excluding hydrogens is 394 g/mol. The van der Waals surface area contributed by atoms with Gasteiger partial charge in [-0.1, -0.05) is 67.5 Å². The van der Waals surface area contributed by atoms with E-state index < -0.39 is 0 Å². The molecule has 0 radical (unpaired) electrons. The van der Waals surface area contributed by atoms with E-state index in [1.165, 1.54) is 35.1 Å². The van der Waals surface area contributed by atoms with Crippen molar-refractivity contribution < 1.29 is 9.21 Å². The number of hydrogen-bond donors (Lipinski definition) is 0. The summed E-state index contributed by atoms with van der Waals surface area (Å²) in [5.74, 6) is 2.18. The normalized spacial score (nSPS) is 17.0. The molecular formula is C29H43NO2. The van der Waals surface area contributed by atoms with Gasteiger partial charge in [-0.05, 0) is 76.8 Å². The van der Waals surface area contributed by atoms with Gasteiger partial charge in [-0.2, -0.15) is 0 Å². The Bertz CT molecular complexity index is 952. The van der Waals surface area contributed by atoms with Crippen LogP contribution in [-0.2, 0) is 17.3 Å². The fraction of sp³-hybridized carbons (Fsp3) is 0.621. The lowest BCUT2D eigenvalue weighted by Crippen LogP contribution is -2.36. The van der Waals surface area contributed by atoms with E-state index in [0.29, 0.717) is 17.6 Å². The highest BCUT2D eigenvalue weighted by Crippen LogP contribution is 2.46. The van der Waals surface area contributed by atoms with Crippen LogP contribution in [0.2, 0.25) is 0 Å². The average molecular weight is 438 g/mol. The van der Waals surface area contributed by atoms with E-state index in [2.05, 4.69) is 74.4 Å². The highest BCUT2D eigenvalue weighted by atomic mass is 16.4. The zero-order chi connectivity index (χ0) is 23.8. The summed E-state index contributed by atoms with van der Waals surface area (Å²) in [5.41, 5.74) is 5.96. The standard InChI is InChI=1S/C29H43NO2/c1-19(2)17-30(18-20(3)4)27(31)26-11-10-23(32-26)15-22-16-25-24(14-21(22)5)28(6,7)12-13-29(25,8)9/h10-11,14,16,19-20H,12-13,15,17-18H2,1-9H3. The van der Waals surface area contributed by atoms with E-state index in [9.17, 15) is 4.79 Å². The van der Waals surface area contributed by atoms with Crippen molar-refractivity contribution in [2.24, 2.45) is 11.8 Å². The van der Waals surface area contributed by atoms with Crippen molar-refractivity contribution in [1.29, 1.82) is 0 Å². The molecule has 0 fully saturated rings. The highest BCUT2D eigenvalue weighted by molar-refractivity contribution is 5.91. The average Bonchev–Trinajstić information content (AvgIpc) is 3.13. The predicted octanol–water partition coefficient (Wildman–Crippen LogP) is 7.28. The van der Waals surface area contributed by atoms with Crippen LogP contribution in [0, 0.1) is 18.8 Å². The first-order chi connectivity index (χ1) is 14.8. The summed E-state index contributed by atoms with van der Waals surface area (Å²) in [5, 5.41) is 0. The van der Waals surface area contributed by atoms with Gasteiger partial charge in [0.15, 0.2) is 5.76 Å². The number of fused-ring (bicyclic) bond motifs is 1. The van der Waals surface area contributed by atoms with Gasteiger partial charge in [0, 0.05) is 19.5 Å². The molecule has 1 aliphatic carbocycles. The van der Waals surface area contributed by atoms with Crippen molar-refractivity contribution in [1.82, 2.24) is 4.90 Å². The molecule has 1 amide bonds. The van der Waals surface area contributed by atoms with Crippen molar-refractivity contribution in [3.63, 3.8) is 0 Å². The van der Waals surface area contributed by atoms with Gasteiger partial charge in [0.05, 0.1) is 0 Å². The third-order valence-corrected chi connectivity index (χ3v) is 7.00. The molecule has 3 rings (SSSR count). The van der Waals surface area contributed by atoms with Gasteiger partial charge in [-0.3, -0.25) is 4.79 Å². The lowest BCUT2D eigenvalue weighted by atomic mass is 9.62. The Kier molecular flexibility index (Phi) is 6.98. The van der Waals surface area contributed by atoms with Crippen LogP contribution >= 0.6 is 0 Å². The van der Waals surface area contributed by atoms with E-state index in [0.717, 1.165) is 25.3 Å².